The summed E-state index contributed by atoms with van der Waals surface area (Å²) in [5, 5.41) is 7.37. The molecule has 2 amide bonds. The quantitative estimate of drug-likeness (QED) is 0.492. The van der Waals surface area contributed by atoms with Gasteiger partial charge in [-0.1, -0.05) is 30.3 Å². The molecule has 0 saturated heterocycles. The first-order valence-corrected chi connectivity index (χ1v) is 10.5. The molecule has 0 radical (unpaired) electrons. The van der Waals surface area contributed by atoms with E-state index in [-0.39, 0.29) is 11.8 Å². The molecule has 3 heterocycles. The number of hydrogen-bond acceptors (Lipinski definition) is 4. The van der Waals surface area contributed by atoms with Crippen LogP contribution in [0.15, 0.2) is 73.1 Å². The minimum atomic E-state index is -0.287. The minimum Gasteiger partial charge on any atom is -0.339 e. The number of amides is 2. The van der Waals surface area contributed by atoms with Crippen LogP contribution in [0.25, 0.3) is 10.9 Å². The maximum absolute atomic E-state index is 13.0. The highest BCUT2D eigenvalue weighted by Crippen LogP contribution is 2.27. The smallest absolute Gasteiger partial charge is 0.317 e. The Bertz CT molecular complexity index is 1280. The van der Waals surface area contributed by atoms with E-state index in [9.17, 15) is 9.18 Å². The van der Waals surface area contributed by atoms with Gasteiger partial charge in [-0.3, -0.25) is 4.98 Å². The summed E-state index contributed by atoms with van der Waals surface area (Å²) in [6.45, 7) is 1.47. The third kappa shape index (κ3) is 4.23. The van der Waals surface area contributed by atoms with Crippen LogP contribution in [0.2, 0.25) is 0 Å². The van der Waals surface area contributed by atoms with Gasteiger partial charge < -0.3 is 15.5 Å². The average molecular weight is 427 g/mol. The Balaban J connectivity index is 1.27. The number of urea groups is 1. The maximum atomic E-state index is 13.0. The summed E-state index contributed by atoms with van der Waals surface area (Å²) >= 11 is 0. The van der Waals surface area contributed by atoms with Gasteiger partial charge in [-0.05, 0) is 47.9 Å². The van der Waals surface area contributed by atoms with Crippen molar-refractivity contribution in [2.75, 3.05) is 11.9 Å². The monoisotopic (exact) mass is 427 g/mol. The van der Waals surface area contributed by atoms with Crippen LogP contribution in [0.5, 0.6) is 0 Å². The SMILES string of the molecule is O=C(NCc1ccc(F)cc1)N1CCc2c(ccnc2Nc2cnc3ccccc3c2)C1. The van der Waals surface area contributed by atoms with Gasteiger partial charge in [0.05, 0.1) is 17.4 Å². The lowest BCUT2D eigenvalue weighted by Gasteiger charge is -2.30. The van der Waals surface area contributed by atoms with E-state index in [1.807, 2.05) is 30.3 Å². The summed E-state index contributed by atoms with van der Waals surface area (Å²) in [7, 11) is 0. The number of carbonyl (C=O) groups excluding carboxylic acids is 1. The van der Waals surface area contributed by atoms with E-state index in [1.54, 1.807) is 29.4 Å². The molecule has 1 aliphatic rings. The van der Waals surface area contributed by atoms with Crippen LogP contribution in [0.1, 0.15) is 16.7 Å². The Kier molecular flexibility index (Phi) is 5.37. The van der Waals surface area contributed by atoms with Crippen molar-refractivity contribution < 1.29 is 9.18 Å². The number of anilines is 2. The zero-order valence-electron chi connectivity index (χ0n) is 17.4. The molecule has 2 N–H and O–H groups in total. The van der Waals surface area contributed by atoms with Crippen molar-refractivity contribution in [3.8, 4) is 0 Å². The average Bonchev–Trinajstić information content (AvgIpc) is 2.83. The fourth-order valence-corrected chi connectivity index (χ4v) is 3.94. The third-order valence-corrected chi connectivity index (χ3v) is 5.64. The van der Waals surface area contributed by atoms with Gasteiger partial charge in [-0.2, -0.15) is 0 Å². The molecule has 7 heteroatoms. The molecular formula is C25H22FN5O. The number of nitrogens with zero attached hydrogens (tertiary/aromatic N) is 3. The number of hydrogen-bond donors (Lipinski definition) is 2. The van der Waals surface area contributed by atoms with E-state index in [1.165, 1.54) is 12.1 Å². The fourth-order valence-electron chi connectivity index (χ4n) is 3.94. The van der Waals surface area contributed by atoms with E-state index < -0.39 is 0 Å². The summed E-state index contributed by atoms with van der Waals surface area (Å²) in [6, 6.07) is 18.0. The number of para-hydroxylation sites is 1. The normalized spacial score (nSPS) is 13.0. The molecule has 2 aromatic heterocycles. The first kappa shape index (κ1) is 19.9. The molecule has 0 fully saturated rings. The third-order valence-electron chi connectivity index (χ3n) is 5.64. The topological polar surface area (TPSA) is 70.2 Å². The number of nitrogens with one attached hydrogen (secondary N) is 2. The summed E-state index contributed by atoms with van der Waals surface area (Å²) in [6.07, 6.45) is 4.27. The van der Waals surface area contributed by atoms with Crippen molar-refractivity contribution in [3.05, 3.63) is 95.6 Å². The lowest BCUT2D eigenvalue weighted by Crippen LogP contribution is -2.42. The number of halogens is 1. The van der Waals surface area contributed by atoms with Crippen molar-refractivity contribution in [3.63, 3.8) is 0 Å². The van der Waals surface area contributed by atoms with E-state index in [4.69, 9.17) is 0 Å². The van der Waals surface area contributed by atoms with Gasteiger partial charge in [0.25, 0.3) is 0 Å². The van der Waals surface area contributed by atoms with Crippen molar-refractivity contribution in [2.45, 2.75) is 19.5 Å². The van der Waals surface area contributed by atoms with Gasteiger partial charge in [0.2, 0.25) is 0 Å². The highest BCUT2D eigenvalue weighted by Gasteiger charge is 2.23. The van der Waals surface area contributed by atoms with E-state index in [0.29, 0.717) is 26.1 Å². The largest absolute Gasteiger partial charge is 0.339 e. The van der Waals surface area contributed by atoms with Gasteiger partial charge in [0.1, 0.15) is 11.6 Å². The van der Waals surface area contributed by atoms with Gasteiger partial charge in [0.15, 0.2) is 0 Å². The molecule has 4 aromatic rings. The van der Waals surface area contributed by atoms with Crippen molar-refractivity contribution in [2.24, 2.45) is 0 Å². The second-order valence-corrected chi connectivity index (χ2v) is 7.80. The van der Waals surface area contributed by atoms with E-state index >= 15 is 0 Å². The summed E-state index contributed by atoms with van der Waals surface area (Å²) in [5.74, 6) is 0.510. The molecule has 0 aliphatic carbocycles. The lowest BCUT2D eigenvalue weighted by atomic mass is 10.0. The fraction of sp³-hybridized carbons (Fsp3) is 0.160. The Morgan fingerprint density at radius 3 is 2.78 bits per heavy atom. The zero-order valence-corrected chi connectivity index (χ0v) is 17.4. The van der Waals surface area contributed by atoms with Gasteiger partial charge in [0, 0.05) is 36.8 Å². The molecule has 2 aromatic carbocycles. The molecule has 0 bridgehead atoms. The first-order chi connectivity index (χ1) is 15.7. The predicted octanol–water partition coefficient (Wildman–Crippen LogP) is 4.78. The molecule has 1 aliphatic heterocycles. The van der Waals surface area contributed by atoms with Gasteiger partial charge in [-0.15, -0.1) is 0 Å². The van der Waals surface area contributed by atoms with Crippen LogP contribution < -0.4 is 10.6 Å². The van der Waals surface area contributed by atoms with Crippen molar-refractivity contribution >= 4 is 28.4 Å². The minimum absolute atomic E-state index is 0.134. The maximum Gasteiger partial charge on any atom is 0.317 e. The van der Waals surface area contributed by atoms with Crippen LogP contribution in [-0.2, 0) is 19.5 Å². The Labute approximate surface area is 185 Å². The number of carbonyl (C=O) groups is 1. The van der Waals surface area contributed by atoms with Crippen LogP contribution in [0.4, 0.5) is 20.7 Å². The number of fused-ring (bicyclic) bond motifs is 2. The van der Waals surface area contributed by atoms with Crippen LogP contribution in [0.3, 0.4) is 0 Å². The molecule has 5 rings (SSSR count). The summed E-state index contributed by atoms with van der Waals surface area (Å²) < 4.78 is 13.0. The standard InChI is InChI=1S/C25H22FN5O/c26-20-7-5-17(6-8-20)14-29-25(32)31-12-10-22-19(16-31)9-11-27-24(22)30-21-13-18-3-1-2-4-23(18)28-15-21/h1-9,11,13,15H,10,12,14,16H2,(H,27,30)(H,29,32). The van der Waals surface area contributed by atoms with E-state index in [0.717, 1.165) is 39.1 Å². The molecule has 6 nitrogen and oxygen atoms in total. The number of benzene rings is 2. The Morgan fingerprint density at radius 1 is 1.06 bits per heavy atom. The second kappa shape index (κ2) is 8.63. The highest BCUT2D eigenvalue weighted by molar-refractivity contribution is 5.82. The summed E-state index contributed by atoms with van der Waals surface area (Å²) in [5.41, 5.74) is 4.87. The lowest BCUT2D eigenvalue weighted by molar-refractivity contribution is 0.192. The van der Waals surface area contributed by atoms with Crippen LogP contribution in [0, 0.1) is 5.82 Å². The molecule has 0 saturated carbocycles. The van der Waals surface area contributed by atoms with Crippen molar-refractivity contribution in [1.82, 2.24) is 20.2 Å². The predicted molar refractivity (Wildman–Crippen MR) is 122 cm³/mol. The number of pyridine rings is 2. The molecule has 160 valence electrons. The Morgan fingerprint density at radius 2 is 1.91 bits per heavy atom. The molecular weight excluding hydrogens is 405 g/mol. The molecule has 0 spiro atoms. The second-order valence-electron chi connectivity index (χ2n) is 7.80. The van der Waals surface area contributed by atoms with Crippen LogP contribution >= 0.6 is 0 Å². The molecule has 0 unspecified atom stereocenters. The zero-order chi connectivity index (χ0) is 21.9. The molecule has 0 atom stereocenters. The number of aromatic nitrogens is 2. The summed E-state index contributed by atoms with van der Waals surface area (Å²) in [4.78, 5) is 23.5. The molecule has 32 heavy (non-hydrogen) atoms. The van der Waals surface area contributed by atoms with Gasteiger partial charge in [-0.25, -0.2) is 14.2 Å². The Hall–Kier alpha value is -4.00. The highest BCUT2D eigenvalue weighted by atomic mass is 19.1. The number of rotatable bonds is 4. The van der Waals surface area contributed by atoms with Crippen LogP contribution in [-0.4, -0.2) is 27.4 Å². The van der Waals surface area contributed by atoms with E-state index in [2.05, 4.69) is 26.7 Å². The van der Waals surface area contributed by atoms with Crippen molar-refractivity contribution in [1.29, 1.82) is 0 Å². The van der Waals surface area contributed by atoms with Gasteiger partial charge >= 0.3 is 6.03 Å². The first-order valence-electron chi connectivity index (χ1n) is 10.5.